The highest BCUT2D eigenvalue weighted by Gasteiger charge is 2.10. The zero-order valence-corrected chi connectivity index (χ0v) is 11.6. The fourth-order valence-corrected chi connectivity index (χ4v) is 2.08. The van der Waals surface area contributed by atoms with Crippen LogP contribution in [0.4, 0.5) is 5.82 Å². The molecule has 19 heavy (non-hydrogen) atoms. The summed E-state index contributed by atoms with van der Waals surface area (Å²) in [4.78, 5) is 12.1. The van der Waals surface area contributed by atoms with Crippen LogP contribution in [0.1, 0.15) is 40.5 Å². The van der Waals surface area contributed by atoms with Gasteiger partial charge < -0.3 is 5.32 Å². The number of rotatable bonds is 4. The minimum absolute atomic E-state index is 0.118. The molecule has 0 aliphatic rings. The zero-order chi connectivity index (χ0) is 13.8. The summed E-state index contributed by atoms with van der Waals surface area (Å²) in [6.45, 7) is 6.06. The molecule has 2 rings (SSSR count). The Labute approximate surface area is 113 Å². The smallest absolute Gasteiger partial charge is 0.257 e. The fourth-order valence-electron chi connectivity index (χ4n) is 2.08. The molecule has 2 aromatic rings. The Hall–Kier alpha value is -2.10. The summed E-state index contributed by atoms with van der Waals surface area (Å²) in [5.41, 5.74) is 3.85. The Morgan fingerprint density at radius 3 is 2.79 bits per heavy atom. The van der Waals surface area contributed by atoms with E-state index in [1.54, 1.807) is 0 Å². The number of hydrogen-bond donors (Lipinski definition) is 2. The Morgan fingerprint density at radius 1 is 1.32 bits per heavy atom. The van der Waals surface area contributed by atoms with Crippen LogP contribution in [0.5, 0.6) is 0 Å². The summed E-state index contributed by atoms with van der Waals surface area (Å²) in [7, 11) is 0. The van der Waals surface area contributed by atoms with Crippen LogP contribution in [0.15, 0.2) is 24.3 Å². The molecule has 0 saturated heterocycles. The summed E-state index contributed by atoms with van der Waals surface area (Å²) < 4.78 is 0. The molecule has 0 radical (unpaired) electrons. The van der Waals surface area contributed by atoms with Crippen LogP contribution in [-0.4, -0.2) is 16.1 Å². The molecule has 4 heteroatoms. The van der Waals surface area contributed by atoms with Gasteiger partial charge in [0.1, 0.15) is 0 Å². The van der Waals surface area contributed by atoms with Gasteiger partial charge in [0.15, 0.2) is 5.82 Å². The first kappa shape index (κ1) is 13.3. The zero-order valence-electron chi connectivity index (χ0n) is 11.6. The van der Waals surface area contributed by atoms with Gasteiger partial charge in [-0.2, -0.15) is 5.10 Å². The van der Waals surface area contributed by atoms with Gasteiger partial charge in [0, 0.05) is 17.3 Å². The third-order valence-electron chi connectivity index (χ3n) is 3.02. The predicted octanol–water partition coefficient (Wildman–Crippen LogP) is 3.23. The van der Waals surface area contributed by atoms with Crippen molar-refractivity contribution in [3.63, 3.8) is 0 Å². The van der Waals surface area contributed by atoms with Crippen LogP contribution >= 0.6 is 0 Å². The molecule has 0 bridgehead atoms. The van der Waals surface area contributed by atoms with E-state index >= 15 is 0 Å². The van der Waals surface area contributed by atoms with E-state index in [1.165, 1.54) is 0 Å². The lowest BCUT2D eigenvalue weighted by molar-refractivity contribution is 0.102. The lowest BCUT2D eigenvalue weighted by Gasteiger charge is -2.06. The molecule has 0 spiro atoms. The van der Waals surface area contributed by atoms with Crippen molar-refractivity contribution in [2.45, 2.75) is 33.6 Å². The van der Waals surface area contributed by atoms with Crippen LogP contribution in [-0.2, 0) is 6.42 Å². The Morgan fingerprint density at radius 2 is 2.11 bits per heavy atom. The van der Waals surface area contributed by atoms with Crippen molar-refractivity contribution in [2.75, 3.05) is 5.32 Å². The third kappa shape index (κ3) is 3.22. The van der Waals surface area contributed by atoms with Crippen LogP contribution in [0, 0.1) is 13.8 Å². The van der Waals surface area contributed by atoms with Gasteiger partial charge in [-0.25, -0.2) is 0 Å². The number of hydrogen-bond acceptors (Lipinski definition) is 2. The number of nitrogens with one attached hydrogen (secondary N) is 2. The highest BCUT2D eigenvalue weighted by atomic mass is 16.1. The second kappa shape index (κ2) is 5.69. The maximum Gasteiger partial charge on any atom is 0.257 e. The largest absolute Gasteiger partial charge is 0.305 e. The second-order valence-electron chi connectivity index (χ2n) is 4.80. The molecule has 0 fully saturated rings. The minimum atomic E-state index is -0.118. The molecule has 0 saturated carbocycles. The van der Waals surface area contributed by atoms with Gasteiger partial charge in [-0.05, 0) is 31.9 Å². The lowest BCUT2D eigenvalue weighted by atomic mass is 10.1. The summed E-state index contributed by atoms with van der Waals surface area (Å²) in [5, 5.41) is 9.83. The quantitative estimate of drug-likeness (QED) is 0.883. The number of carbonyl (C=O) groups excluding carboxylic acids is 1. The van der Waals surface area contributed by atoms with Gasteiger partial charge in [-0.3, -0.25) is 9.89 Å². The summed E-state index contributed by atoms with van der Waals surface area (Å²) >= 11 is 0. The number of aryl methyl sites for hydroxylation is 3. The first-order chi connectivity index (χ1) is 9.10. The molecule has 0 aliphatic heterocycles. The third-order valence-corrected chi connectivity index (χ3v) is 3.02. The Kier molecular flexibility index (Phi) is 4.00. The molecule has 1 heterocycles. The second-order valence-corrected chi connectivity index (χ2v) is 4.80. The van der Waals surface area contributed by atoms with E-state index in [-0.39, 0.29) is 5.91 Å². The van der Waals surface area contributed by atoms with E-state index in [4.69, 9.17) is 0 Å². The molecular weight excluding hydrogens is 238 g/mol. The highest BCUT2D eigenvalue weighted by Crippen LogP contribution is 2.13. The van der Waals surface area contributed by atoms with Gasteiger partial charge >= 0.3 is 0 Å². The first-order valence-corrected chi connectivity index (χ1v) is 6.53. The molecule has 100 valence electrons. The summed E-state index contributed by atoms with van der Waals surface area (Å²) in [6.07, 6.45) is 1.99. The van der Waals surface area contributed by atoms with Crippen LogP contribution in [0.25, 0.3) is 0 Å². The van der Waals surface area contributed by atoms with E-state index in [1.807, 2.05) is 38.1 Å². The topological polar surface area (TPSA) is 57.8 Å². The highest BCUT2D eigenvalue weighted by molar-refractivity contribution is 6.04. The van der Waals surface area contributed by atoms with Gasteiger partial charge in [0.05, 0.1) is 0 Å². The number of amides is 1. The molecule has 1 aromatic carbocycles. The monoisotopic (exact) mass is 257 g/mol. The van der Waals surface area contributed by atoms with Crippen molar-refractivity contribution in [1.29, 1.82) is 0 Å². The van der Waals surface area contributed by atoms with Crippen LogP contribution in [0.3, 0.4) is 0 Å². The number of aromatic nitrogens is 2. The Bertz CT molecular complexity index is 587. The average molecular weight is 257 g/mol. The van der Waals surface area contributed by atoms with E-state index in [9.17, 15) is 4.79 Å². The molecule has 0 unspecified atom stereocenters. The van der Waals surface area contributed by atoms with Gasteiger partial charge in [0.25, 0.3) is 5.91 Å². The number of H-pyrrole nitrogens is 1. The van der Waals surface area contributed by atoms with Crippen LogP contribution < -0.4 is 5.32 Å². The molecule has 1 aromatic heterocycles. The summed E-state index contributed by atoms with van der Waals surface area (Å²) in [5.74, 6) is 0.459. The predicted molar refractivity (Wildman–Crippen MR) is 76.5 cm³/mol. The number of aromatic amines is 1. The first-order valence-electron chi connectivity index (χ1n) is 6.53. The number of nitrogens with zero attached hydrogens (tertiary/aromatic N) is 1. The van der Waals surface area contributed by atoms with E-state index in [2.05, 4.69) is 22.4 Å². The van der Waals surface area contributed by atoms with Gasteiger partial charge in [0.2, 0.25) is 0 Å². The summed E-state index contributed by atoms with van der Waals surface area (Å²) in [6, 6.07) is 7.67. The SMILES string of the molecule is CCCc1cc(NC(=O)c2ccc(C)cc2C)n[nH]1. The molecule has 2 N–H and O–H groups in total. The fraction of sp³-hybridized carbons (Fsp3) is 0.333. The van der Waals surface area contributed by atoms with Gasteiger partial charge in [-0.1, -0.05) is 31.0 Å². The molecule has 4 nitrogen and oxygen atoms in total. The molecular formula is C15H19N3O. The molecule has 1 amide bonds. The van der Waals surface area contributed by atoms with Crippen molar-refractivity contribution in [1.82, 2.24) is 10.2 Å². The minimum Gasteiger partial charge on any atom is -0.305 e. The Balaban J connectivity index is 2.11. The van der Waals surface area contributed by atoms with Gasteiger partial charge in [-0.15, -0.1) is 0 Å². The number of benzene rings is 1. The standard InChI is InChI=1S/C15H19N3O/c1-4-5-12-9-14(18-17-12)16-15(19)13-7-6-10(2)8-11(13)3/h6-9H,4-5H2,1-3H3,(H2,16,17,18,19). The normalized spacial score (nSPS) is 10.5. The van der Waals surface area contributed by atoms with Crippen LogP contribution in [0.2, 0.25) is 0 Å². The van der Waals surface area contributed by atoms with Crippen molar-refractivity contribution < 1.29 is 4.79 Å². The maximum absolute atomic E-state index is 12.1. The molecule has 0 atom stereocenters. The molecule has 0 aliphatic carbocycles. The number of carbonyl (C=O) groups is 1. The number of anilines is 1. The van der Waals surface area contributed by atoms with Crippen molar-refractivity contribution in [2.24, 2.45) is 0 Å². The van der Waals surface area contributed by atoms with E-state index in [0.717, 1.165) is 29.7 Å². The average Bonchev–Trinajstić information content (AvgIpc) is 2.76. The van der Waals surface area contributed by atoms with Crippen molar-refractivity contribution in [3.8, 4) is 0 Å². The van der Waals surface area contributed by atoms with E-state index in [0.29, 0.717) is 11.4 Å². The van der Waals surface area contributed by atoms with Crippen molar-refractivity contribution in [3.05, 3.63) is 46.6 Å². The van der Waals surface area contributed by atoms with E-state index < -0.39 is 0 Å². The van der Waals surface area contributed by atoms with Crippen molar-refractivity contribution >= 4 is 11.7 Å². The lowest BCUT2D eigenvalue weighted by Crippen LogP contribution is -2.13. The maximum atomic E-state index is 12.1.